The van der Waals surface area contributed by atoms with Crippen molar-refractivity contribution in [3.8, 4) is 0 Å². The first-order valence-corrected chi connectivity index (χ1v) is 4.35. The number of hydrogen-bond donors (Lipinski definition) is 0. The van der Waals surface area contributed by atoms with Crippen LogP contribution in [0.25, 0.3) is 0 Å². The van der Waals surface area contributed by atoms with Gasteiger partial charge in [-0.25, -0.2) is 0 Å². The fraction of sp³-hybridized carbons (Fsp3) is 0.364. The predicted molar refractivity (Wildman–Crippen MR) is 54.4 cm³/mol. The first kappa shape index (κ1) is 8.98. The number of aliphatic imine (C=N–C) groups is 1. The molecule has 1 nitrogen and oxygen atoms in total. The van der Waals surface area contributed by atoms with Gasteiger partial charge in [0.15, 0.2) is 0 Å². The minimum absolute atomic E-state index is 1.13. The van der Waals surface area contributed by atoms with Crippen LogP contribution < -0.4 is 0 Å². The summed E-state index contributed by atoms with van der Waals surface area (Å²) in [6.07, 6.45) is 12.4. The van der Waals surface area contributed by atoms with E-state index >= 15 is 0 Å². The number of rotatable bonds is 2. The van der Waals surface area contributed by atoms with E-state index in [9.17, 15) is 0 Å². The maximum absolute atomic E-state index is 4.17. The van der Waals surface area contributed by atoms with Gasteiger partial charge in [-0.05, 0) is 37.8 Å². The van der Waals surface area contributed by atoms with E-state index in [1.54, 1.807) is 0 Å². The molecule has 0 amide bonds. The molecule has 0 aromatic rings. The Kier molecular flexibility index (Phi) is 3.52. The highest BCUT2D eigenvalue weighted by Crippen LogP contribution is 2.16. The third kappa shape index (κ3) is 2.50. The van der Waals surface area contributed by atoms with E-state index in [-0.39, 0.29) is 0 Å². The summed E-state index contributed by atoms with van der Waals surface area (Å²) in [4.78, 5) is 4.17. The second kappa shape index (κ2) is 4.70. The van der Waals surface area contributed by atoms with Crippen molar-refractivity contribution in [2.75, 3.05) is 0 Å². The van der Waals surface area contributed by atoms with Crippen molar-refractivity contribution in [3.63, 3.8) is 0 Å². The lowest BCUT2D eigenvalue weighted by Gasteiger charge is -2.07. The maximum atomic E-state index is 4.17. The molecule has 0 aromatic carbocycles. The molecule has 0 fully saturated rings. The highest BCUT2D eigenvalue weighted by Gasteiger charge is 2.00. The van der Waals surface area contributed by atoms with Crippen LogP contribution in [0.15, 0.2) is 40.6 Å². The van der Waals surface area contributed by atoms with E-state index in [4.69, 9.17) is 0 Å². The lowest BCUT2D eigenvalue weighted by atomic mass is 10.00. The average molecular weight is 161 g/mol. The molecule has 64 valence electrons. The molecule has 0 aliphatic heterocycles. The van der Waals surface area contributed by atoms with E-state index in [1.807, 2.05) is 25.4 Å². The third-order valence-corrected chi connectivity index (χ3v) is 1.92. The van der Waals surface area contributed by atoms with Crippen LogP contribution in [0.5, 0.6) is 0 Å². The first-order valence-electron chi connectivity index (χ1n) is 4.35. The molecule has 0 saturated carbocycles. The summed E-state index contributed by atoms with van der Waals surface area (Å²) < 4.78 is 0. The Hall–Kier alpha value is -1.11. The van der Waals surface area contributed by atoms with Crippen LogP contribution in [0, 0.1) is 0 Å². The van der Waals surface area contributed by atoms with Gasteiger partial charge in [-0.3, -0.25) is 4.99 Å². The van der Waals surface area contributed by atoms with Gasteiger partial charge < -0.3 is 0 Å². The topological polar surface area (TPSA) is 12.4 Å². The van der Waals surface area contributed by atoms with Crippen LogP contribution in [0.4, 0.5) is 0 Å². The van der Waals surface area contributed by atoms with Crippen molar-refractivity contribution >= 4 is 6.21 Å². The molecule has 1 aliphatic rings. The van der Waals surface area contributed by atoms with Crippen molar-refractivity contribution in [1.29, 1.82) is 0 Å². The van der Waals surface area contributed by atoms with E-state index in [1.165, 1.54) is 11.1 Å². The average Bonchev–Trinajstić information content (AvgIpc) is 2.09. The van der Waals surface area contributed by atoms with Gasteiger partial charge in [-0.1, -0.05) is 18.2 Å². The molecule has 0 atom stereocenters. The fourth-order valence-electron chi connectivity index (χ4n) is 1.19. The largest absolute Gasteiger partial charge is 0.265 e. The zero-order chi connectivity index (χ0) is 8.81. The molecule has 0 heterocycles. The summed E-state index contributed by atoms with van der Waals surface area (Å²) >= 11 is 0. The molecule has 1 rings (SSSR count). The summed E-state index contributed by atoms with van der Waals surface area (Å²) in [6, 6.07) is 0. The normalized spacial score (nSPS) is 18.5. The highest BCUT2D eigenvalue weighted by molar-refractivity contribution is 5.81. The van der Waals surface area contributed by atoms with E-state index in [0.29, 0.717) is 0 Å². The summed E-state index contributed by atoms with van der Waals surface area (Å²) in [5.74, 6) is 0. The summed E-state index contributed by atoms with van der Waals surface area (Å²) in [6.45, 7) is 4.10. The molecule has 0 aromatic heterocycles. The smallest absolute Gasteiger partial charge is 0.0302 e. The zero-order valence-corrected chi connectivity index (χ0v) is 7.75. The van der Waals surface area contributed by atoms with Gasteiger partial charge in [0.2, 0.25) is 0 Å². The SMILES string of the molecule is C/C=C\N=CC1=C(C)C=CCC1. The Morgan fingerprint density at radius 1 is 1.50 bits per heavy atom. The monoisotopic (exact) mass is 161 g/mol. The van der Waals surface area contributed by atoms with Crippen LogP contribution >= 0.6 is 0 Å². The van der Waals surface area contributed by atoms with Crippen molar-refractivity contribution in [1.82, 2.24) is 0 Å². The molecule has 0 saturated heterocycles. The number of nitrogens with zero attached hydrogens (tertiary/aromatic N) is 1. The molecule has 0 N–H and O–H groups in total. The molecule has 1 aliphatic carbocycles. The molecule has 1 heteroatoms. The van der Waals surface area contributed by atoms with E-state index in [0.717, 1.165) is 12.8 Å². The molecular formula is C11H15N. The van der Waals surface area contributed by atoms with Gasteiger partial charge >= 0.3 is 0 Å². The van der Waals surface area contributed by atoms with Crippen LogP contribution in [-0.2, 0) is 0 Å². The standard InChI is InChI=1S/C11H15N/c1-3-8-12-9-11-7-5-4-6-10(11)2/h3-4,6,8-9H,5,7H2,1-2H3/b8-3-,12-9?. The summed E-state index contributed by atoms with van der Waals surface area (Å²) in [7, 11) is 0. The van der Waals surface area contributed by atoms with Crippen molar-refractivity contribution in [2.45, 2.75) is 26.7 Å². The lowest BCUT2D eigenvalue weighted by molar-refractivity contribution is 0.987. The highest BCUT2D eigenvalue weighted by atomic mass is 14.7. The van der Waals surface area contributed by atoms with Crippen LogP contribution in [0.1, 0.15) is 26.7 Å². The van der Waals surface area contributed by atoms with Crippen molar-refractivity contribution < 1.29 is 0 Å². The summed E-state index contributed by atoms with van der Waals surface area (Å²) in [5.41, 5.74) is 2.70. The Morgan fingerprint density at radius 2 is 2.33 bits per heavy atom. The van der Waals surface area contributed by atoms with E-state index < -0.39 is 0 Å². The van der Waals surface area contributed by atoms with E-state index in [2.05, 4.69) is 24.1 Å². The Balaban J connectivity index is 2.67. The Morgan fingerprint density at radius 3 is 3.00 bits per heavy atom. The number of hydrogen-bond acceptors (Lipinski definition) is 1. The Bertz CT molecular complexity index is 254. The molecular weight excluding hydrogens is 146 g/mol. The molecule has 12 heavy (non-hydrogen) atoms. The second-order valence-corrected chi connectivity index (χ2v) is 2.91. The molecule has 0 radical (unpaired) electrons. The van der Waals surface area contributed by atoms with Crippen LogP contribution in [0.3, 0.4) is 0 Å². The van der Waals surface area contributed by atoms with Crippen LogP contribution in [0.2, 0.25) is 0 Å². The minimum atomic E-state index is 1.13. The van der Waals surface area contributed by atoms with Gasteiger partial charge in [-0.2, -0.15) is 0 Å². The first-order chi connectivity index (χ1) is 5.84. The number of allylic oxidation sites excluding steroid dienone is 5. The molecule has 0 unspecified atom stereocenters. The third-order valence-electron chi connectivity index (χ3n) is 1.92. The Labute approximate surface area is 74.2 Å². The fourth-order valence-corrected chi connectivity index (χ4v) is 1.19. The van der Waals surface area contributed by atoms with Gasteiger partial charge in [0.1, 0.15) is 0 Å². The maximum Gasteiger partial charge on any atom is 0.0302 e. The van der Waals surface area contributed by atoms with Gasteiger partial charge in [0, 0.05) is 12.4 Å². The predicted octanol–water partition coefficient (Wildman–Crippen LogP) is 3.26. The van der Waals surface area contributed by atoms with Gasteiger partial charge in [0.25, 0.3) is 0 Å². The van der Waals surface area contributed by atoms with Gasteiger partial charge in [-0.15, -0.1) is 0 Å². The van der Waals surface area contributed by atoms with Crippen LogP contribution in [-0.4, -0.2) is 6.21 Å². The zero-order valence-electron chi connectivity index (χ0n) is 7.75. The van der Waals surface area contributed by atoms with Crippen molar-refractivity contribution in [2.24, 2.45) is 4.99 Å². The quantitative estimate of drug-likeness (QED) is 0.551. The lowest BCUT2D eigenvalue weighted by Crippen LogP contribution is -1.92. The summed E-state index contributed by atoms with van der Waals surface area (Å²) in [5, 5.41) is 0. The minimum Gasteiger partial charge on any atom is -0.265 e. The molecule has 0 spiro atoms. The molecule has 0 bridgehead atoms. The van der Waals surface area contributed by atoms with Gasteiger partial charge in [0.05, 0.1) is 0 Å². The van der Waals surface area contributed by atoms with Crippen molar-refractivity contribution in [3.05, 3.63) is 35.6 Å². The second-order valence-electron chi connectivity index (χ2n) is 2.91.